The minimum Gasteiger partial charge on any atom is -0.469 e. The van der Waals surface area contributed by atoms with E-state index in [0.29, 0.717) is 49.2 Å². The third-order valence-electron chi connectivity index (χ3n) is 6.19. The Kier molecular flexibility index (Phi) is 14.2. The number of methoxy groups -OCH3 is 1. The number of carboxylic acid groups (broad SMARTS) is 2. The molecule has 0 aromatic heterocycles. The number of benzene rings is 2. The number of esters is 1. The summed E-state index contributed by atoms with van der Waals surface area (Å²) in [6.45, 7) is -0.0540. The maximum Gasteiger partial charge on any atom is 0.426 e. The van der Waals surface area contributed by atoms with Crippen molar-refractivity contribution >= 4 is 41.3 Å². The lowest BCUT2D eigenvalue weighted by atomic mass is 10.1. The summed E-state index contributed by atoms with van der Waals surface area (Å²) < 4.78 is 4.60. The van der Waals surface area contributed by atoms with Gasteiger partial charge >= 0.3 is 18.2 Å². The molecule has 2 aromatic carbocycles. The second-order valence-electron chi connectivity index (χ2n) is 9.44. The molecule has 2 rings (SSSR count). The van der Waals surface area contributed by atoms with Crippen LogP contribution in [-0.4, -0.2) is 58.8 Å². The minimum atomic E-state index is -1.46. The molecule has 222 valence electrons. The van der Waals surface area contributed by atoms with Gasteiger partial charge in [-0.25, -0.2) is 20.0 Å². The van der Waals surface area contributed by atoms with E-state index >= 15 is 0 Å². The largest absolute Gasteiger partial charge is 0.469 e. The fourth-order valence-corrected chi connectivity index (χ4v) is 3.98. The maximum absolute atomic E-state index is 12.3. The second-order valence-corrected chi connectivity index (χ2v) is 9.44. The van der Waals surface area contributed by atoms with Gasteiger partial charge in [-0.2, -0.15) is 0 Å². The van der Waals surface area contributed by atoms with Crippen molar-refractivity contribution < 1.29 is 38.9 Å². The number of carbonyl (C=O) groups excluding carboxylic acids is 3. The van der Waals surface area contributed by atoms with Gasteiger partial charge in [0.05, 0.1) is 13.7 Å². The average Bonchev–Trinajstić information content (AvgIpc) is 2.94. The summed E-state index contributed by atoms with van der Waals surface area (Å²) in [6.07, 6.45) is 3.23. The highest BCUT2D eigenvalue weighted by Gasteiger charge is 2.14. The lowest BCUT2D eigenvalue weighted by Gasteiger charge is -2.17. The van der Waals surface area contributed by atoms with E-state index in [0.717, 1.165) is 42.5 Å². The lowest BCUT2D eigenvalue weighted by molar-refractivity contribution is -0.140. The van der Waals surface area contributed by atoms with Gasteiger partial charge < -0.3 is 25.6 Å². The number of nitrogens with one attached hydrogen (secondary N) is 3. The molecule has 0 unspecified atom stereocenters. The van der Waals surface area contributed by atoms with E-state index in [9.17, 15) is 24.0 Å². The van der Waals surface area contributed by atoms with Crippen LogP contribution >= 0.6 is 0 Å². The predicted octanol–water partition coefficient (Wildman–Crippen LogP) is 4.81. The molecular weight excluding hydrogens is 532 g/mol. The zero-order chi connectivity index (χ0) is 30.0. The molecule has 4 amide bonds. The summed E-state index contributed by atoms with van der Waals surface area (Å²) in [4.78, 5) is 57.3. The minimum absolute atomic E-state index is 0.0483. The van der Waals surface area contributed by atoms with Crippen LogP contribution in [0.3, 0.4) is 0 Å². The molecule has 5 N–H and O–H groups in total. The van der Waals surface area contributed by atoms with Crippen LogP contribution in [0.1, 0.15) is 62.5 Å². The Bertz CT molecular complexity index is 1150. The van der Waals surface area contributed by atoms with Gasteiger partial charge in [0.15, 0.2) is 0 Å². The molecule has 0 atom stereocenters. The fourth-order valence-electron chi connectivity index (χ4n) is 3.98. The molecule has 0 bridgehead atoms. The molecule has 0 heterocycles. The first-order valence-electron chi connectivity index (χ1n) is 13.5. The van der Waals surface area contributed by atoms with Crippen molar-refractivity contribution in [3.05, 3.63) is 59.7 Å². The van der Waals surface area contributed by atoms with Crippen LogP contribution in [-0.2, 0) is 32.0 Å². The third-order valence-corrected chi connectivity index (χ3v) is 6.19. The molecule has 41 heavy (non-hydrogen) atoms. The van der Waals surface area contributed by atoms with E-state index in [1.807, 2.05) is 29.7 Å². The van der Waals surface area contributed by atoms with E-state index in [4.69, 9.17) is 10.2 Å². The number of hydrogen-bond donors (Lipinski definition) is 5. The summed E-state index contributed by atoms with van der Waals surface area (Å²) in [5.74, 6) is -0.388. The molecule has 0 aliphatic heterocycles. The smallest absolute Gasteiger partial charge is 0.426 e. The standard InChI is InChI=1S/C29H38N4O8/c1-41-27(36)10-5-3-2-4-8-25(34)30-23-15-11-21(12-16-23)7-6-9-26(35)31-24-17-13-22(14-18-24)19-20-33(29(39)40)32-28(37)38/h11-18,32H,2-10,19-20H2,1H3,(H,30,34)(H,31,35)(H,37,38)(H,39,40). The number of ether oxygens (including phenoxy) is 1. The van der Waals surface area contributed by atoms with Crippen molar-refractivity contribution in [3.8, 4) is 0 Å². The number of amides is 4. The molecule has 0 radical (unpaired) electrons. The van der Waals surface area contributed by atoms with Crippen LogP contribution in [0.2, 0.25) is 0 Å². The van der Waals surface area contributed by atoms with Crippen LogP contribution in [0.15, 0.2) is 48.5 Å². The van der Waals surface area contributed by atoms with Gasteiger partial charge in [0.2, 0.25) is 11.8 Å². The molecule has 12 nitrogen and oxygen atoms in total. The van der Waals surface area contributed by atoms with Gasteiger partial charge in [0.1, 0.15) is 0 Å². The highest BCUT2D eigenvalue weighted by molar-refractivity contribution is 5.91. The summed E-state index contributed by atoms with van der Waals surface area (Å²) in [5.41, 5.74) is 4.98. The molecule has 12 heteroatoms. The molecule has 0 aliphatic carbocycles. The molecule has 0 saturated carbocycles. The van der Waals surface area contributed by atoms with Crippen molar-refractivity contribution in [2.45, 2.75) is 64.2 Å². The van der Waals surface area contributed by atoms with Crippen molar-refractivity contribution in [1.29, 1.82) is 0 Å². The number of unbranched alkanes of at least 4 members (excludes halogenated alkanes) is 3. The quantitative estimate of drug-likeness (QED) is 0.109. The molecule has 0 spiro atoms. The highest BCUT2D eigenvalue weighted by atomic mass is 16.5. The summed E-state index contributed by atoms with van der Waals surface area (Å²) in [6, 6.07) is 14.4. The van der Waals surface area contributed by atoms with Crippen molar-refractivity contribution in [3.63, 3.8) is 0 Å². The van der Waals surface area contributed by atoms with Gasteiger partial charge in [-0.3, -0.25) is 14.4 Å². The number of rotatable bonds is 16. The first-order chi connectivity index (χ1) is 19.7. The van der Waals surface area contributed by atoms with Crippen LogP contribution < -0.4 is 16.1 Å². The van der Waals surface area contributed by atoms with Gasteiger partial charge in [-0.05, 0) is 67.5 Å². The number of hydrogen-bond acceptors (Lipinski definition) is 6. The Balaban J connectivity index is 1.64. The SMILES string of the molecule is COC(=O)CCCCCCC(=O)Nc1ccc(CCCC(=O)Nc2ccc(CCN(NC(=O)O)C(=O)O)cc2)cc1. The first kappa shape index (κ1) is 32.6. The molecule has 0 fully saturated rings. The Hall–Kier alpha value is -4.61. The van der Waals surface area contributed by atoms with Gasteiger partial charge in [-0.1, -0.05) is 37.1 Å². The van der Waals surface area contributed by atoms with Crippen molar-refractivity contribution in [2.24, 2.45) is 0 Å². The molecular formula is C29H38N4O8. The fraction of sp³-hybridized carbons (Fsp3) is 0.414. The van der Waals surface area contributed by atoms with E-state index in [2.05, 4.69) is 15.4 Å². The van der Waals surface area contributed by atoms with E-state index < -0.39 is 12.2 Å². The number of nitrogens with zero attached hydrogens (tertiary/aromatic N) is 1. The van der Waals surface area contributed by atoms with Crippen LogP contribution in [0.5, 0.6) is 0 Å². The first-order valence-corrected chi connectivity index (χ1v) is 13.5. The van der Waals surface area contributed by atoms with E-state index in [-0.39, 0.29) is 24.3 Å². The van der Waals surface area contributed by atoms with Crippen LogP contribution in [0.4, 0.5) is 21.0 Å². The van der Waals surface area contributed by atoms with Crippen LogP contribution in [0.25, 0.3) is 0 Å². The normalized spacial score (nSPS) is 10.4. The van der Waals surface area contributed by atoms with Gasteiger partial charge in [-0.15, -0.1) is 0 Å². The third kappa shape index (κ3) is 13.8. The Morgan fingerprint density at radius 3 is 1.66 bits per heavy atom. The topological polar surface area (TPSA) is 174 Å². The average molecular weight is 571 g/mol. The zero-order valence-corrected chi connectivity index (χ0v) is 23.2. The zero-order valence-electron chi connectivity index (χ0n) is 23.2. The van der Waals surface area contributed by atoms with Crippen LogP contribution in [0, 0.1) is 0 Å². The van der Waals surface area contributed by atoms with E-state index in [1.54, 1.807) is 24.3 Å². The summed E-state index contributed by atoms with van der Waals surface area (Å²) in [5, 5.41) is 24.0. The Morgan fingerprint density at radius 1 is 0.683 bits per heavy atom. The van der Waals surface area contributed by atoms with Gasteiger partial charge in [0, 0.05) is 30.6 Å². The molecule has 2 aromatic rings. The van der Waals surface area contributed by atoms with Gasteiger partial charge in [0.25, 0.3) is 0 Å². The number of carbonyl (C=O) groups is 5. The predicted molar refractivity (Wildman–Crippen MR) is 152 cm³/mol. The maximum atomic E-state index is 12.3. The monoisotopic (exact) mass is 570 g/mol. The summed E-state index contributed by atoms with van der Waals surface area (Å²) >= 11 is 0. The van der Waals surface area contributed by atoms with E-state index in [1.165, 1.54) is 7.11 Å². The Morgan fingerprint density at radius 2 is 1.17 bits per heavy atom. The molecule has 0 saturated heterocycles. The number of anilines is 2. The Labute approximate surface area is 239 Å². The summed E-state index contributed by atoms with van der Waals surface area (Å²) in [7, 11) is 1.38. The number of hydrazine groups is 1. The molecule has 0 aliphatic rings. The van der Waals surface area contributed by atoms with Crippen molar-refractivity contribution in [1.82, 2.24) is 10.4 Å². The number of aryl methyl sites for hydroxylation is 1. The highest BCUT2D eigenvalue weighted by Crippen LogP contribution is 2.15. The second kappa shape index (κ2) is 17.9. The van der Waals surface area contributed by atoms with Crippen molar-refractivity contribution in [2.75, 3.05) is 24.3 Å². The lowest BCUT2D eigenvalue weighted by Crippen LogP contribution is -2.45.